The van der Waals surface area contributed by atoms with E-state index in [1.54, 1.807) is 6.07 Å². The lowest BCUT2D eigenvalue weighted by molar-refractivity contribution is 0.102. The van der Waals surface area contributed by atoms with Crippen molar-refractivity contribution < 1.29 is 14.3 Å². The molecule has 0 saturated heterocycles. The summed E-state index contributed by atoms with van der Waals surface area (Å²) in [5, 5.41) is 0. The van der Waals surface area contributed by atoms with Crippen LogP contribution in [0.15, 0.2) is 84.9 Å². The standard InChI is InChI=1S/C22H21NO3/c1-23(19-12-6-3-7-13-19)16-17-25-22(24)26-21-15-9-8-14-20(21)18-10-4-2-5-11-18/h2-15H,16-17H2,1H3. The zero-order chi connectivity index (χ0) is 18.2. The average molecular weight is 347 g/mol. The van der Waals surface area contributed by atoms with E-state index in [4.69, 9.17) is 9.47 Å². The Morgan fingerprint density at radius 2 is 1.46 bits per heavy atom. The highest BCUT2D eigenvalue weighted by Crippen LogP contribution is 2.29. The van der Waals surface area contributed by atoms with Crippen molar-refractivity contribution >= 4 is 11.8 Å². The molecule has 0 aromatic heterocycles. The summed E-state index contributed by atoms with van der Waals surface area (Å²) in [5.74, 6) is 0.486. The maximum absolute atomic E-state index is 12.1. The second-order valence-electron chi connectivity index (χ2n) is 5.82. The number of hydrogen-bond donors (Lipinski definition) is 0. The van der Waals surface area contributed by atoms with Gasteiger partial charge < -0.3 is 14.4 Å². The quantitative estimate of drug-likeness (QED) is 0.464. The summed E-state index contributed by atoms with van der Waals surface area (Å²) in [6, 6.07) is 27.2. The lowest BCUT2D eigenvalue weighted by Crippen LogP contribution is -2.24. The smallest absolute Gasteiger partial charge is 0.432 e. The van der Waals surface area contributed by atoms with Crippen LogP contribution in [0.4, 0.5) is 10.5 Å². The van der Waals surface area contributed by atoms with Gasteiger partial charge in [-0.05, 0) is 23.8 Å². The van der Waals surface area contributed by atoms with Crippen molar-refractivity contribution in [2.45, 2.75) is 0 Å². The Bertz CT molecular complexity index is 834. The molecule has 0 aliphatic heterocycles. The Balaban J connectivity index is 1.56. The molecule has 0 aliphatic rings. The lowest BCUT2D eigenvalue weighted by Gasteiger charge is -2.18. The summed E-state index contributed by atoms with van der Waals surface area (Å²) in [5.41, 5.74) is 2.91. The van der Waals surface area contributed by atoms with Crippen LogP contribution in [0.1, 0.15) is 0 Å². The number of likely N-dealkylation sites (N-methyl/N-ethyl adjacent to an activating group) is 1. The molecule has 3 aromatic carbocycles. The normalized spacial score (nSPS) is 10.2. The molecular weight excluding hydrogens is 326 g/mol. The zero-order valence-corrected chi connectivity index (χ0v) is 14.7. The molecule has 26 heavy (non-hydrogen) atoms. The van der Waals surface area contributed by atoms with E-state index in [2.05, 4.69) is 0 Å². The third kappa shape index (κ3) is 4.63. The Hall–Kier alpha value is -3.27. The first kappa shape index (κ1) is 17.5. The zero-order valence-electron chi connectivity index (χ0n) is 14.7. The van der Waals surface area contributed by atoms with Gasteiger partial charge in [-0.15, -0.1) is 0 Å². The van der Waals surface area contributed by atoms with E-state index in [0.717, 1.165) is 16.8 Å². The Morgan fingerprint density at radius 3 is 2.19 bits per heavy atom. The van der Waals surface area contributed by atoms with Crippen LogP contribution in [0.25, 0.3) is 11.1 Å². The second-order valence-corrected chi connectivity index (χ2v) is 5.82. The third-order valence-electron chi connectivity index (χ3n) is 4.01. The predicted octanol–water partition coefficient (Wildman–Crippen LogP) is 5.01. The largest absolute Gasteiger partial charge is 0.513 e. The summed E-state index contributed by atoms with van der Waals surface area (Å²) >= 11 is 0. The van der Waals surface area contributed by atoms with Gasteiger partial charge in [0.05, 0.1) is 6.54 Å². The minimum atomic E-state index is -0.699. The molecule has 132 valence electrons. The highest BCUT2D eigenvalue weighted by molar-refractivity contribution is 5.74. The van der Waals surface area contributed by atoms with Gasteiger partial charge in [-0.2, -0.15) is 0 Å². The molecular formula is C22H21NO3. The molecule has 0 aliphatic carbocycles. The van der Waals surface area contributed by atoms with Crippen LogP contribution in [0.5, 0.6) is 5.75 Å². The Labute approximate surface area is 153 Å². The van der Waals surface area contributed by atoms with E-state index in [9.17, 15) is 4.79 Å². The monoisotopic (exact) mass is 347 g/mol. The number of anilines is 1. The topological polar surface area (TPSA) is 38.8 Å². The summed E-state index contributed by atoms with van der Waals surface area (Å²) in [6.45, 7) is 0.831. The molecule has 0 unspecified atom stereocenters. The van der Waals surface area contributed by atoms with E-state index in [-0.39, 0.29) is 6.61 Å². The first-order valence-electron chi connectivity index (χ1n) is 8.49. The molecule has 0 spiro atoms. The first-order valence-corrected chi connectivity index (χ1v) is 8.49. The molecule has 4 heteroatoms. The van der Waals surface area contributed by atoms with Gasteiger partial charge >= 0.3 is 6.16 Å². The molecule has 0 fully saturated rings. The van der Waals surface area contributed by atoms with E-state index in [0.29, 0.717) is 12.3 Å². The van der Waals surface area contributed by atoms with Gasteiger partial charge in [0.15, 0.2) is 0 Å². The van der Waals surface area contributed by atoms with Gasteiger partial charge in [0, 0.05) is 18.3 Å². The molecule has 0 heterocycles. The van der Waals surface area contributed by atoms with Crippen molar-refractivity contribution in [3.8, 4) is 16.9 Å². The van der Waals surface area contributed by atoms with Crippen LogP contribution in [0.3, 0.4) is 0 Å². The molecule has 0 radical (unpaired) electrons. The molecule has 0 N–H and O–H groups in total. The molecule has 0 atom stereocenters. The number of ether oxygens (including phenoxy) is 2. The number of benzene rings is 3. The van der Waals surface area contributed by atoms with E-state index >= 15 is 0 Å². The van der Waals surface area contributed by atoms with Gasteiger partial charge in [-0.25, -0.2) is 4.79 Å². The summed E-state index contributed by atoms with van der Waals surface area (Å²) in [6.07, 6.45) is -0.699. The van der Waals surface area contributed by atoms with Gasteiger partial charge in [0.25, 0.3) is 0 Å². The fraction of sp³-hybridized carbons (Fsp3) is 0.136. The summed E-state index contributed by atoms with van der Waals surface area (Å²) in [4.78, 5) is 14.1. The lowest BCUT2D eigenvalue weighted by atomic mass is 10.1. The van der Waals surface area contributed by atoms with Gasteiger partial charge in [0.1, 0.15) is 12.4 Å². The molecule has 0 bridgehead atoms. The minimum absolute atomic E-state index is 0.248. The molecule has 4 nitrogen and oxygen atoms in total. The fourth-order valence-corrected chi connectivity index (χ4v) is 2.61. The van der Waals surface area contributed by atoms with Gasteiger partial charge in [-0.3, -0.25) is 0 Å². The second kappa shape index (κ2) is 8.72. The van der Waals surface area contributed by atoms with Crippen molar-refractivity contribution in [3.05, 3.63) is 84.9 Å². The first-order chi connectivity index (χ1) is 12.7. The van der Waals surface area contributed by atoms with Crippen molar-refractivity contribution in [3.63, 3.8) is 0 Å². The molecule has 3 aromatic rings. The number of para-hydroxylation sites is 2. The number of hydrogen-bond acceptors (Lipinski definition) is 4. The minimum Gasteiger partial charge on any atom is -0.432 e. The van der Waals surface area contributed by atoms with Gasteiger partial charge in [0.2, 0.25) is 0 Å². The van der Waals surface area contributed by atoms with Crippen LogP contribution < -0.4 is 9.64 Å². The third-order valence-corrected chi connectivity index (χ3v) is 4.01. The maximum atomic E-state index is 12.1. The van der Waals surface area contributed by atoms with Gasteiger partial charge in [-0.1, -0.05) is 66.7 Å². The number of carbonyl (C=O) groups excluding carboxylic acids is 1. The molecule has 0 amide bonds. The van der Waals surface area contributed by atoms with Crippen LogP contribution in [-0.2, 0) is 4.74 Å². The fourth-order valence-electron chi connectivity index (χ4n) is 2.61. The van der Waals surface area contributed by atoms with Crippen LogP contribution >= 0.6 is 0 Å². The Kier molecular flexibility index (Phi) is 5.88. The number of rotatable bonds is 6. The van der Waals surface area contributed by atoms with E-state index in [1.807, 2.05) is 90.8 Å². The van der Waals surface area contributed by atoms with Crippen molar-refractivity contribution in [2.75, 3.05) is 25.1 Å². The summed E-state index contributed by atoms with van der Waals surface area (Å²) < 4.78 is 10.6. The number of nitrogens with zero attached hydrogens (tertiary/aromatic N) is 1. The SMILES string of the molecule is CN(CCOC(=O)Oc1ccccc1-c1ccccc1)c1ccccc1. The van der Waals surface area contributed by atoms with Crippen LogP contribution in [0.2, 0.25) is 0 Å². The number of carbonyl (C=O) groups is 1. The average Bonchev–Trinajstić information content (AvgIpc) is 2.69. The highest BCUT2D eigenvalue weighted by atomic mass is 16.7. The summed E-state index contributed by atoms with van der Waals surface area (Å²) in [7, 11) is 1.95. The highest BCUT2D eigenvalue weighted by Gasteiger charge is 2.11. The van der Waals surface area contributed by atoms with Crippen molar-refractivity contribution in [1.82, 2.24) is 0 Å². The van der Waals surface area contributed by atoms with Crippen molar-refractivity contribution in [2.24, 2.45) is 0 Å². The predicted molar refractivity (Wildman–Crippen MR) is 104 cm³/mol. The molecule has 0 saturated carbocycles. The van der Waals surface area contributed by atoms with E-state index < -0.39 is 6.16 Å². The maximum Gasteiger partial charge on any atom is 0.513 e. The van der Waals surface area contributed by atoms with Crippen LogP contribution in [-0.4, -0.2) is 26.4 Å². The molecule has 3 rings (SSSR count). The van der Waals surface area contributed by atoms with E-state index in [1.165, 1.54) is 0 Å². The Morgan fingerprint density at radius 1 is 0.846 bits per heavy atom. The van der Waals surface area contributed by atoms with Crippen molar-refractivity contribution in [1.29, 1.82) is 0 Å². The van der Waals surface area contributed by atoms with Crippen LogP contribution in [0, 0.1) is 0 Å².